The summed E-state index contributed by atoms with van der Waals surface area (Å²) in [5, 5.41) is 0. The first kappa shape index (κ1) is 22.3. The van der Waals surface area contributed by atoms with Gasteiger partial charge >= 0.3 is 11.9 Å². The Balaban J connectivity index is 2.35. The third-order valence-electron chi connectivity index (χ3n) is 2.57. The van der Waals surface area contributed by atoms with Crippen molar-refractivity contribution in [3.63, 3.8) is 0 Å². The molecule has 0 saturated carbocycles. The van der Waals surface area contributed by atoms with Gasteiger partial charge in [-0.3, -0.25) is 4.79 Å². The van der Waals surface area contributed by atoms with E-state index >= 15 is 0 Å². The molecule has 1 aromatic rings. The molecular weight excluding hydrogens is 681 g/mol. The van der Waals surface area contributed by atoms with Crippen LogP contribution in [0, 0.1) is 10.7 Å². The highest BCUT2D eigenvalue weighted by Gasteiger charge is 2.15. The largest absolute Gasteiger partial charge is 0.748 e. The molecule has 0 amide bonds. The zero-order valence-electron chi connectivity index (χ0n) is 12.1. The zero-order chi connectivity index (χ0) is 18.3. The summed E-state index contributed by atoms with van der Waals surface area (Å²) in [5.74, 6) is -1.87. The summed E-state index contributed by atoms with van der Waals surface area (Å²) in [5.41, 5.74) is 0.468. The average molecular weight is 693 g/mol. The molecule has 0 radical (unpaired) electrons. The summed E-state index contributed by atoms with van der Waals surface area (Å²) in [6.07, 6.45) is 0.208. The van der Waals surface area contributed by atoms with E-state index in [9.17, 15) is 22.6 Å². The molecule has 0 heterocycles. The molecule has 11 heteroatoms. The van der Waals surface area contributed by atoms with Crippen LogP contribution in [0.5, 0.6) is 0 Å². The van der Waals surface area contributed by atoms with Crippen LogP contribution >= 0.6 is 67.8 Å². The Morgan fingerprint density at radius 1 is 1.08 bits per heavy atom. The molecule has 0 N–H and O–H groups in total. The van der Waals surface area contributed by atoms with Crippen LogP contribution < -0.4 is 0 Å². The van der Waals surface area contributed by atoms with Crippen LogP contribution in [0.25, 0.3) is 0 Å². The van der Waals surface area contributed by atoms with Gasteiger partial charge in [-0.05, 0) is 86.3 Å². The molecule has 0 atom stereocenters. The van der Waals surface area contributed by atoms with Crippen LogP contribution in [-0.2, 0) is 24.4 Å². The number of esters is 2. The van der Waals surface area contributed by atoms with Crippen LogP contribution in [-0.4, -0.2) is 43.9 Å². The Hall–Kier alpha value is 0.260. The molecule has 1 aromatic carbocycles. The van der Waals surface area contributed by atoms with Crippen molar-refractivity contribution in [1.82, 2.24) is 0 Å². The predicted octanol–water partition coefficient (Wildman–Crippen LogP) is 2.53. The van der Waals surface area contributed by atoms with Crippen LogP contribution in [0.3, 0.4) is 0 Å². The lowest BCUT2D eigenvalue weighted by Gasteiger charge is -2.09. The summed E-state index contributed by atoms with van der Waals surface area (Å²) in [4.78, 5) is 23.4. The van der Waals surface area contributed by atoms with E-state index in [1.165, 1.54) is 0 Å². The number of hydrogen-bond donors (Lipinski definition) is 0. The lowest BCUT2D eigenvalue weighted by molar-refractivity contribution is -0.143. The molecule has 0 aliphatic heterocycles. The molecule has 0 saturated heterocycles. The first-order valence-electron chi connectivity index (χ1n) is 6.51. The summed E-state index contributed by atoms with van der Waals surface area (Å²) < 4.78 is 43.4. The van der Waals surface area contributed by atoms with Gasteiger partial charge in [0.2, 0.25) is 0 Å². The Morgan fingerprint density at radius 2 is 1.75 bits per heavy atom. The third-order valence-corrected chi connectivity index (χ3v) is 6.90. The predicted molar refractivity (Wildman–Crippen MR) is 110 cm³/mol. The monoisotopic (exact) mass is 693 g/mol. The van der Waals surface area contributed by atoms with Crippen LogP contribution in [0.1, 0.15) is 23.2 Å². The first-order chi connectivity index (χ1) is 11.1. The highest BCUT2D eigenvalue weighted by Crippen LogP contribution is 2.23. The summed E-state index contributed by atoms with van der Waals surface area (Å²) >= 11 is 6.32. The molecule has 7 nitrogen and oxygen atoms in total. The van der Waals surface area contributed by atoms with Crippen molar-refractivity contribution in [3.8, 4) is 0 Å². The van der Waals surface area contributed by atoms with E-state index in [2.05, 4.69) is 72.5 Å². The van der Waals surface area contributed by atoms with Crippen molar-refractivity contribution in [1.29, 1.82) is 0 Å². The summed E-state index contributed by atoms with van der Waals surface area (Å²) in [7, 11) is -4.40. The Morgan fingerprint density at radius 3 is 2.38 bits per heavy atom. The fraction of sp³-hybridized carbons (Fsp3) is 0.385. The van der Waals surface area contributed by atoms with Gasteiger partial charge in [0.25, 0.3) is 0 Å². The van der Waals surface area contributed by atoms with Gasteiger partial charge in [0.1, 0.15) is 6.61 Å². The van der Waals surface area contributed by atoms with Gasteiger partial charge in [0.15, 0.2) is 0 Å². The normalized spacial score (nSPS) is 11.2. The van der Waals surface area contributed by atoms with E-state index < -0.39 is 34.4 Å². The maximum Gasteiger partial charge on any atom is 0.339 e. The van der Waals surface area contributed by atoms with E-state index in [0.717, 1.165) is 10.7 Å². The van der Waals surface area contributed by atoms with Crippen molar-refractivity contribution in [2.75, 3.05) is 19.0 Å². The van der Waals surface area contributed by atoms with Gasteiger partial charge < -0.3 is 14.0 Å². The molecule has 0 aliphatic rings. The van der Waals surface area contributed by atoms with Gasteiger partial charge in [0.05, 0.1) is 28.0 Å². The number of halogens is 3. The summed E-state index contributed by atoms with van der Waals surface area (Å²) in [6, 6.07) is 3.67. The highest BCUT2D eigenvalue weighted by molar-refractivity contribution is 14.1. The molecule has 0 unspecified atom stereocenters. The molecule has 0 aromatic heterocycles. The Kier molecular flexibility index (Phi) is 9.68. The van der Waals surface area contributed by atoms with Crippen molar-refractivity contribution >= 4 is 89.8 Å². The van der Waals surface area contributed by atoms with Crippen molar-refractivity contribution in [3.05, 3.63) is 28.4 Å². The topological polar surface area (TPSA) is 110 Å². The third kappa shape index (κ3) is 8.57. The van der Waals surface area contributed by atoms with Gasteiger partial charge in [-0.1, -0.05) is 0 Å². The summed E-state index contributed by atoms with van der Waals surface area (Å²) in [6.45, 7) is -0.435. The lowest BCUT2D eigenvalue weighted by Crippen LogP contribution is -2.15. The fourth-order valence-corrected chi connectivity index (χ4v) is 4.16. The van der Waals surface area contributed by atoms with Gasteiger partial charge in [-0.15, -0.1) is 0 Å². The Labute approximate surface area is 180 Å². The van der Waals surface area contributed by atoms with Crippen molar-refractivity contribution in [2.45, 2.75) is 12.8 Å². The second-order valence-electron chi connectivity index (χ2n) is 4.47. The molecule has 1 rings (SSSR count). The standard InChI is InChI=1S/C13H13I3O7S/c14-8-6-9(12(16)10(15)7-8)13(18)23-3-1-2-11(17)22-4-5-24(19,20)21/h6-7H,1-5H2,(H,19,20,21)/p-1. The molecule has 0 spiro atoms. The number of carbonyl (C=O) groups excluding carboxylic acids is 2. The smallest absolute Gasteiger partial charge is 0.339 e. The van der Waals surface area contributed by atoms with E-state index in [4.69, 9.17) is 4.74 Å². The average Bonchev–Trinajstić information content (AvgIpc) is 2.45. The number of carbonyl (C=O) groups is 2. The first-order valence-corrected chi connectivity index (χ1v) is 11.3. The lowest BCUT2D eigenvalue weighted by atomic mass is 10.2. The maximum absolute atomic E-state index is 12.0. The molecule has 0 bridgehead atoms. The Bertz CT molecular complexity index is 719. The van der Waals surface area contributed by atoms with Crippen LogP contribution in [0.4, 0.5) is 0 Å². The minimum atomic E-state index is -4.40. The maximum atomic E-state index is 12.0. The number of rotatable bonds is 8. The SMILES string of the molecule is O=C(CCCOC(=O)c1cc(I)cc(I)c1I)OCCS(=O)(=O)[O-]. The quantitative estimate of drug-likeness (QED) is 0.136. The van der Waals surface area contributed by atoms with Crippen molar-refractivity contribution < 1.29 is 32.0 Å². The second-order valence-corrected chi connectivity index (χ2v) is 9.48. The van der Waals surface area contributed by atoms with Gasteiger partial charge in [0, 0.05) is 17.1 Å². The van der Waals surface area contributed by atoms with E-state index in [0.29, 0.717) is 5.56 Å². The van der Waals surface area contributed by atoms with Gasteiger partial charge in [-0.25, -0.2) is 13.2 Å². The van der Waals surface area contributed by atoms with E-state index in [-0.39, 0.29) is 19.4 Å². The minimum Gasteiger partial charge on any atom is -0.748 e. The molecule has 0 aliphatic carbocycles. The van der Waals surface area contributed by atoms with E-state index in [1.54, 1.807) is 6.07 Å². The van der Waals surface area contributed by atoms with Crippen LogP contribution in [0.15, 0.2) is 12.1 Å². The second kappa shape index (κ2) is 10.4. The number of benzene rings is 1. The molecule has 24 heavy (non-hydrogen) atoms. The zero-order valence-corrected chi connectivity index (χ0v) is 19.4. The minimum absolute atomic E-state index is 0.0337. The fourth-order valence-electron chi connectivity index (χ4n) is 1.49. The van der Waals surface area contributed by atoms with Crippen LogP contribution in [0.2, 0.25) is 0 Å². The highest BCUT2D eigenvalue weighted by atomic mass is 127. The molecule has 134 valence electrons. The number of ether oxygens (including phenoxy) is 2. The molecule has 0 fully saturated rings. The van der Waals surface area contributed by atoms with Gasteiger partial charge in [-0.2, -0.15) is 0 Å². The van der Waals surface area contributed by atoms with Crippen molar-refractivity contribution in [2.24, 2.45) is 0 Å². The molecular formula is C13H12I3O7S-. The number of hydrogen-bond acceptors (Lipinski definition) is 7. The van der Waals surface area contributed by atoms with E-state index in [1.807, 2.05) is 6.07 Å².